The van der Waals surface area contributed by atoms with Gasteiger partial charge in [0.25, 0.3) is 5.91 Å². The van der Waals surface area contributed by atoms with E-state index in [0.29, 0.717) is 11.3 Å². The summed E-state index contributed by atoms with van der Waals surface area (Å²) in [5.74, 6) is -0.770. The molecule has 0 saturated carbocycles. The molecule has 1 aromatic heterocycles. The molecule has 17 heavy (non-hydrogen) atoms. The number of H-pyrrole nitrogens is 1. The van der Waals surface area contributed by atoms with Crippen molar-refractivity contribution in [3.8, 4) is 0 Å². The topological polar surface area (TPSA) is 44.9 Å². The molecule has 1 heterocycles. The summed E-state index contributed by atoms with van der Waals surface area (Å²) in [5.41, 5.74) is 1.78. The largest absolute Gasteiger partial charge is 0.365 e. The Balaban J connectivity index is 2.19. The number of carbonyl (C=O) groups excluding carboxylic acids is 1. The normalized spacial score (nSPS) is 10.3. The van der Waals surface area contributed by atoms with Gasteiger partial charge in [0.1, 0.15) is 5.82 Å². The van der Waals surface area contributed by atoms with Gasteiger partial charge in [-0.3, -0.25) is 4.79 Å². The lowest BCUT2D eigenvalue weighted by atomic mass is 10.2. The van der Waals surface area contributed by atoms with Crippen LogP contribution >= 0.6 is 11.6 Å². The standard InChI is InChI=1S/C12H10ClFN2O/c1-7-9(4-5-15-7)12(17)16-8-2-3-11(14)10(13)6-8/h2-6,15H,1H3,(H,16,17). The van der Waals surface area contributed by atoms with Gasteiger partial charge in [-0.15, -0.1) is 0 Å². The first-order valence-electron chi connectivity index (χ1n) is 4.98. The molecule has 0 aliphatic heterocycles. The van der Waals surface area contributed by atoms with Crippen molar-refractivity contribution in [2.45, 2.75) is 6.92 Å². The van der Waals surface area contributed by atoms with E-state index in [9.17, 15) is 9.18 Å². The highest BCUT2D eigenvalue weighted by molar-refractivity contribution is 6.31. The Hall–Kier alpha value is -1.81. The zero-order valence-electron chi connectivity index (χ0n) is 9.05. The summed E-state index contributed by atoms with van der Waals surface area (Å²) in [7, 11) is 0. The summed E-state index contributed by atoms with van der Waals surface area (Å²) >= 11 is 5.62. The number of nitrogens with one attached hydrogen (secondary N) is 2. The first-order valence-corrected chi connectivity index (χ1v) is 5.36. The van der Waals surface area contributed by atoms with Crippen LogP contribution in [0.2, 0.25) is 5.02 Å². The zero-order valence-corrected chi connectivity index (χ0v) is 9.81. The number of anilines is 1. The molecular weight excluding hydrogens is 243 g/mol. The van der Waals surface area contributed by atoms with Crippen molar-refractivity contribution >= 4 is 23.2 Å². The zero-order chi connectivity index (χ0) is 12.4. The monoisotopic (exact) mass is 252 g/mol. The molecule has 0 unspecified atom stereocenters. The molecule has 0 radical (unpaired) electrons. The van der Waals surface area contributed by atoms with E-state index in [2.05, 4.69) is 10.3 Å². The summed E-state index contributed by atoms with van der Waals surface area (Å²) in [6.45, 7) is 1.80. The van der Waals surface area contributed by atoms with Crippen molar-refractivity contribution in [2.24, 2.45) is 0 Å². The van der Waals surface area contributed by atoms with E-state index in [1.54, 1.807) is 19.2 Å². The second-order valence-electron chi connectivity index (χ2n) is 3.60. The Morgan fingerprint density at radius 1 is 1.41 bits per heavy atom. The number of hydrogen-bond acceptors (Lipinski definition) is 1. The molecule has 0 aliphatic rings. The molecule has 2 N–H and O–H groups in total. The van der Waals surface area contributed by atoms with Gasteiger partial charge >= 0.3 is 0 Å². The molecule has 0 saturated heterocycles. The highest BCUT2D eigenvalue weighted by Crippen LogP contribution is 2.20. The maximum Gasteiger partial charge on any atom is 0.257 e. The van der Waals surface area contributed by atoms with E-state index in [-0.39, 0.29) is 10.9 Å². The van der Waals surface area contributed by atoms with Crippen LogP contribution in [0, 0.1) is 12.7 Å². The van der Waals surface area contributed by atoms with Crippen molar-refractivity contribution in [1.82, 2.24) is 4.98 Å². The maximum absolute atomic E-state index is 12.9. The van der Waals surface area contributed by atoms with Gasteiger partial charge in [-0.2, -0.15) is 0 Å². The highest BCUT2D eigenvalue weighted by atomic mass is 35.5. The molecule has 0 spiro atoms. The fraction of sp³-hybridized carbons (Fsp3) is 0.0833. The predicted molar refractivity (Wildman–Crippen MR) is 64.9 cm³/mol. The minimum absolute atomic E-state index is 0.0198. The van der Waals surface area contributed by atoms with Crippen molar-refractivity contribution in [3.05, 3.63) is 52.6 Å². The SMILES string of the molecule is Cc1[nH]ccc1C(=O)Nc1ccc(F)c(Cl)c1. The molecule has 1 aromatic carbocycles. The summed E-state index contributed by atoms with van der Waals surface area (Å²) < 4.78 is 12.9. The molecule has 5 heteroatoms. The number of carbonyl (C=O) groups is 1. The lowest BCUT2D eigenvalue weighted by Crippen LogP contribution is -2.12. The first-order chi connectivity index (χ1) is 8.08. The lowest BCUT2D eigenvalue weighted by Gasteiger charge is -2.05. The van der Waals surface area contributed by atoms with Crippen molar-refractivity contribution < 1.29 is 9.18 Å². The van der Waals surface area contributed by atoms with Gasteiger partial charge in [-0.05, 0) is 31.2 Å². The van der Waals surface area contributed by atoms with Crippen molar-refractivity contribution in [2.75, 3.05) is 5.32 Å². The van der Waals surface area contributed by atoms with Crippen LogP contribution in [0.4, 0.5) is 10.1 Å². The van der Waals surface area contributed by atoms with Crippen LogP contribution in [-0.2, 0) is 0 Å². The summed E-state index contributed by atoms with van der Waals surface area (Å²) in [6.07, 6.45) is 1.68. The number of benzene rings is 1. The van der Waals surface area contributed by atoms with Crippen molar-refractivity contribution in [3.63, 3.8) is 0 Å². The molecular formula is C12H10ClFN2O. The predicted octanol–water partition coefficient (Wildman–Crippen LogP) is 3.37. The molecule has 2 rings (SSSR count). The molecule has 0 bridgehead atoms. The van der Waals surface area contributed by atoms with E-state index in [4.69, 9.17) is 11.6 Å². The van der Waals surface area contributed by atoms with Crippen LogP contribution in [0.1, 0.15) is 16.1 Å². The number of hydrogen-bond donors (Lipinski definition) is 2. The third-order valence-electron chi connectivity index (χ3n) is 2.38. The van der Waals surface area contributed by atoms with Gasteiger partial charge in [0, 0.05) is 17.6 Å². The fourth-order valence-electron chi connectivity index (χ4n) is 1.47. The van der Waals surface area contributed by atoms with E-state index >= 15 is 0 Å². The van der Waals surface area contributed by atoms with E-state index in [1.807, 2.05) is 0 Å². The molecule has 3 nitrogen and oxygen atoms in total. The number of aryl methyl sites for hydroxylation is 1. The van der Waals surface area contributed by atoms with Gasteiger partial charge in [-0.25, -0.2) is 4.39 Å². The quantitative estimate of drug-likeness (QED) is 0.846. The van der Waals surface area contributed by atoms with Gasteiger partial charge in [-0.1, -0.05) is 11.6 Å². The number of halogens is 2. The van der Waals surface area contributed by atoms with Crippen molar-refractivity contribution in [1.29, 1.82) is 0 Å². The minimum Gasteiger partial charge on any atom is -0.365 e. The first kappa shape index (κ1) is 11.7. The molecule has 88 valence electrons. The molecule has 2 aromatic rings. The van der Waals surface area contributed by atoms with Crippen LogP contribution in [0.3, 0.4) is 0 Å². The number of rotatable bonds is 2. The van der Waals surface area contributed by atoms with E-state index in [0.717, 1.165) is 5.69 Å². The fourth-order valence-corrected chi connectivity index (χ4v) is 1.65. The number of aromatic nitrogens is 1. The maximum atomic E-state index is 12.9. The Morgan fingerprint density at radius 3 is 2.76 bits per heavy atom. The smallest absolute Gasteiger partial charge is 0.257 e. The summed E-state index contributed by atoms with van der Waals surface area (Å²) in [6, 6.07) is 5.72. The highest BCUT2D eigenvalue weighted by Gasteiger charge is 2.10. The van der Waals surface area contributed by atoms with Gasteiger partial charge < -0.3 is 10.3 Å². The number of aromatic amines is 1. The van der Waals surface area contributed by atoms with Gasteiger partial charge in [0.05, 0.1) is 10.6 Å². The van der Waals surface area contributed by atoms with Crippen LogP contribution < -0.4 is 5.32 Å². The van der Waals surface area contributed by atoms with Crippen LogP contribution in [-0.4, -0.2) is 10.9 Å². The van der Waals surface area contributed by atoms with Gasteiger partial charge in [0.2, 0.25) is 0 Å². The Labute approximate surface area is 103 Å². The minimum atomic E-state index is -0.512. The van der Waals surface area contributed by atoms with Crippen LogP contribution in [0.15, 0.2) is 30.5 Å². The van der Waals surface area contributed by atoms with Gasteiger partial charge in [0.15, 0.2) is 0 Å². The summed E-state index contributed by atoms with van der Waals surface area (Å²) in [4.78, 5) is 14.7. The Morgan fingerprint density at radius 2 is 2.18 bits per heavy atom. The molecule has 0 atom stereocenters. The third kappa shape index (κ3) is 2.47. The Kier molecular flexibility index (Phi) is 3.15. The summed E-state index contributed by atoms with van der Waals surface area (Å²) in [5, 5.41) is 2.62. The number of amides is 1. The van der Waals surface area contributed by atoms with E-state index in [1.165, 1.54) is 18.2 Å². The molecule has 1 amide bonds. The average molecular weight is 253 g/mol. The van der Waals surface area contributed by atoms with E-state index < -0.39 is 5.82 Å². The Bertz CT molecular complexity index is 565. The molecule has 0 fully saturated rings. The second-order valence-corrected chi connectivity index (χ2v) is 4.01. The average Bonchev–Trinajstić information content (AvgIpc) is 2.70. The molecule has 0 aliphatic carbocycles. The third-order valence-corrected chi connectivity index (χ3v) is 2.67. The lowest BCUT2D eigenvalue weighted by molar-refractivity contribution is 0.102. The van der Waals surface area contributed by atoms with Crippen LogP contribution in [0.5, 0.6) is 0 Å². The second kappa shape index (κ2) is 4.59. The van der Waals surface area contributed by atoms with Crippen LogP contribution in [0.25, 0.3) is 0 Å².